The second kappa shape index (κ2) is 7.39. The fourth-order valence-electron chi connectivity index (χ4n) is 0.803. The quantitative estimate of drug-likeness (QED) is 0.467. The molecule has 1 rings (SSSR count). The minimum atomic E-state index is -1.60. The number of ether oxygens (including phenoxy) is 1. The smallest absolute Gasteiger partial charge is 1.00 e. The van der Waals surface area contributed by atoms with Gasteiger partial charge in [-0.15, -0.1) is 0 Å². The summed E-state index contributed by atoms with van der Waals surface area (Å²) in [5.74, 6) is 0.685. The predicted octanol–water partition coefficient (Wildman–Crippen LogP) is -2.20. The summed E-state index contributed by atoms with van der Waals surface area (Å²) in [5, 5.41) is 8.36. The first kappa shape index (κ1) is 14.1. The molecule has 1 atom stereocenters. The zero-order valence-corrected chi connectivity index (χ0v) is 10.9. The molecule has 0 aliphatic carbocycles. The summed E-state index contributed by atoms with van der Waals surface area (Å²) in [5.41, 5.74) is 0. The summed E-state index contributed by atoms with van der Waals surface area (Å²) < 4.78 is 20.5. The van der Waals surface area contributed by atoms with Gasteiger partial charge in [0.1, 0.15) is 5.75 Å². The maximum atomic E-state index is 11.1. The van der Waals surface area contributed by atoms with Crippen LogP contribution in [0.2, 0.25) is 0 Å². The van der Waals surface area contributed by atoms with Crippen molar-refractivity contribution in [3.8, 4) is 5.75 Å². The summed E-state index contributed by atoms with van der Waals surface area (Å²) in [6.45, 7) is -0.557. The van der Waals surface area contributed by atoms with Crippen molar-refractivity contribution in [3.63, 3.8) is 0 Å². The van der Waals surface area contributed by atoms with E-state index in [1.54, 1.807) is 31.4 Å². The van der Waals surface area contributed by atoms with E-state index in [1.807, 2.05) is 0 Å². The number of rotatable bonds is 4. The minimum absolute atomic E-state index is 0. The molecule has 1 unspecified atom stereocenters. The van der Waals surface area contributed by atoms with Crippen molar-refractivity contribution < 1.29 is 49.2 Å². The summed E-state index contributed by atoms with van der Waals surface area (Å²) in [6.07, 6.45) is 0. The van der Waals surface area contributed by atoms with Crippen LogP contribution in [0.15, 0.2) is 29.2 Å². The maximum absolute atomic E-state index is 11.1. The second-order valence-corrected chi connectivity index (χ2v) is 3.33. The molecular formula is C8H11NaO4S. The van der Waals surface area contributed by atoms with Crippen LogP contribution in [0.1, 0.15) is 1.43 Å². The van der Waals surface area contributed by atoms with Crippen LogP contribution in [0.5, 0.6) is 5.75 Å². The Morgan fingerprint density at radius 3 is 2.43 bits per heavy atom. The van der Waals surface area contributed by atoms with Crippen LogP contribution in [-0.4, -0.2) is 23.2 Å². The second-order valence-electron chi connectivity index (χ2n) is 2.16. The summed E-state index contributed by atoms with van der Waals surface area (Å²) in [4.78, 5) is 0.495. The molecule has 0 amide bonds. The molecule has 0 aliphatic rings. The van der Waals surface area contributed by atoms with Gasteiger partial charge in [-0.1, -0.05) is 0 Å². The molecule has 0 radical (unpaired) electrons. The van der Waals surface area contributed by atoms with Crippen LogP contribution in [0.25, 0.3) is 0 Å². The van der Waals surface area contributed by atoms with Gasteiger partial charge in [0.2, 0.25) is 0 Å². The van der Waals surface area contributed by atoms with Gasteiger partial charge in [0, 0.05) is 0 Å². The van der Waals surface area contributed by atoms with E-state index in [9.17, 15) is 4.21 Å². The molecule has 0 aliphatic heterocycles. The van der Waals surface area contributed by atoms with E-state index in [1.165, 1.54) is 0 Å². The third kappa shape index (κ3) is 4.08. The van der Waals surface area contributed by atoms with Crippen LogP contribution in [0, 0.1) is 0 Å². The molecule has 0 heterocycles. The van der Waals surface area contributed by atoms with E-state index in [0.29, 0.717) is 10.6 Å². The molecule has 0 bridgehead atoms. The first-order valence-electron chi connectivity index (χ1n) is 3.58. The Bertz CT molecular complexity index is 293. The molecule has 74 valence electrons. The van der Waals surface area contributed by atoms with Crippen molar-refractivity contribution in [1.82, 2.24) is 0 Å². The van der Waals surface area contributed by atoms with Crippen molar-refractivity contribution in [1.29, 1.82) is 0 Å². The average molecular weight is 226 g/mol. The fraction of sp³-hybridized carbons (Fsp3) is 0.250. The molecule has 0 saturated heterocycles. The molecular weight excluding hydrogens is 215 g/mol. The molecule has 4 nitrogen and oxygen atoms in total. The standard InChI is InChI=1S/C8H10O4S.Na.H/c1-11-7-2-4-8(5-3-7)13(10)12-6-9;;/h2-5,9H,6H2,1H3;;/q;+1;-1. The van der Waals surface area contributed by atoms with Gasteiger partial charge in [-0.25, -0.2) is 4.21 Å². The van der Waals surface area contributed by atoms with E-state index < -0.39 is 17.9 Å². The van der Waals surface area contributed by atoms with Crippen molar-refractivity contribution in [2.45, 2.75) is 4.90 Å². The van der Waals surface area contributed by atoms with Gasteiger partial charge in [-0.2, -0.15) is 0 Å². The summed E-state index contributed by atoms with van der Waals surface area (Å²) in [7, 11) is 1.55. The molecule has 0 spiro atoms. The Balaban J connectivity index is 0. The van der Waals surface area contributed by atoms with Crippen molar-refractivity contribution in [3.05, 3.63) is 24.3 Å². The Morgan fingerprint density at radius 1 is 1.43 bits per heavy atom. The number of hydrogen-bond donors (Lipinski definition) is 1. The zero-order valence-electron chi connectivity index (χ0n) is 9.10. The van der Waals surface area contributed by atoms with Crippen LogP contribution < -0.4 is 34.3 Å². The maximum Gasteiger partial charge on any atom is 1.00 e. The number of aliphatic hydroxyl groups is 1. The predicted molar refractivity (Wildman–Crippen MR) is 48.7 cm³/mol. The summed E-state index contributed by atoms with van der Waals surface area (Å²) >= 11 is -1.60. The first-order chi connectivity index (χ1) is 6.27. The Morgan fingerprint density at radius 2 is 2.00 bits per heavy atom. The number of methoxy groups -OCH3 is 1. The van der Waals surface area contributed by atoms with Gasteiger partial charge in [0.15, 0.2) is 17.9 Å². The number of hydrogen-bond acceptors (Lipinski definition) is 4. The van der Waals surface area contributed by atoms with E-state index in [-0.39, 0.29) is 31.0 Å². The van der Waals surface area contributed by atoms with Crippen molar-refractivity contribution >= 4 is 11.1 Å². The molecule has 14 heavy (non-hydrogen) atoms. The van der Waals surface area contributed by atoms with E-state index in [4.69, 9.17) is 9.84 Å². The Hall–Kier alpha value is 0.0900. The van der Waals surface area contributed by atoms with Crippen LogP contribution in [-0.2, 0) is 15.3 Å². The molecule has 0 fully saturated rings. The Kier molecular flexibility index (Phi) is 7.44. The van der Waals surface area contributed by atoms with Gasteiger partial charge in [0.05, 0.1) is 12.0 Å². The monoisotopic (exact) mass is 226 g/mol. The van der Waals surface area contributed by atoms with Crippen molar-refractivity contribution in [2.75, 3.05) is 13.9 Å². The molecule has 1 aromatic carbocycles. The van der Waals surface area contributed by atoms with Crippen LogP contribution in [0.3, 0.4) is 0 Å². The fourth-order valence-corrected chi connectivity index (χ4v) is 1.39. The van der Waals surface area contributed by atoms with E-state index in [2.05, 4.69) is 4.18 Å². The number of aliphatic hydroxyl groups excluding tert-OH is 1. The van der Waals surface area contributed by atoms with Gasteiger partial charge in [0.25, 0.3) is 0 Å². The number of benzene rings is 1. The average Bonchev–Trinajstić information content (AvgIpc) is 2.18. The van der Waals surface area contributed by atoms with Crippen LogP contribution >= 0.6 is 0 Å². The van der Waals surface area contributed by atoms with Gasteiger partial charge in [-0.05, 0) is 24.3 Å². The normalized spacial score (nSPS) is 11.6. The van der Waals surface area contributed by atoms with Gasteiger partial charge in [-0.3, -0.25) is 4.18 Å². The molecule has 1 N–H and O–H groups in total. The Labute approximate surface area is 109 Å². The largest absolute Gasteiger partial charge is 1.00 e. The van der Waals surface area contributed by atoms with Gasteiger partial charge >= 0.3 is 29.6 Å². The van der Waals surface area contributed by atoms with Crippen molar-refractivity contribution in [2.24, 2.45) is 0 Å². The molecule has 1 aromatic rings. The SMILES string of the molecule is COc1ccc(S(=O)OCO)cc1.[H-].[Na+]. The minimum Gasteiger partial charge on any atom is -1.00 e. The van der Waals surface area contributed by atoms with Crippen LogP contribution in [0.4, 0.5) is 0 Å². The molecule has 0 aromatic heterocycles. The molecule has 6 heteroatoms. The molecule has 0 saturated carbocycles. The zero-order chi connectivity index (χ0) is 9.68. The first-order valence-corrected chi connectivity index (χ1v) is 4.65. The topological polar surface area (TPSA) is 55.8 Å². The third-order valence-corrected chi connectivity index (χ3v) is 2.39. The van der Waals surface area contributed by atoms with Gasteiger partial charge < -0.3 is 11.3 Å². The summed E-state index contributed by atoms with van der Waals surface area (Å²) in [6, 6.07) is 6.58. The van der Waals surface area contributed by atoms with E-state index >= 15 is 0 Å². The van der Waals surface area contributed by atoms with E-state index in [0.717, 1.165) is 0 Å². The third-order valence-electron chi connectivity index (χ3n) is 1.41.